The van der Waals surface area contributed by atoms with Crippen LogP contribution >= 0.6 is 31.4 Å². The summed E-state index contributed by atoms with van der Waals surface area (Å²) in [7, 11) is 5.25. The van der Waals surface area contributed by atoms with Gasteiger partial charge in [-0.2, -0.15) is 0 Å². The van der Waals surface area contributed by atoms with Gasteiger partial charge in [0.05, 0.1) is 0 Å². The lowest BCUT2D eigenvalue weighted by Crippen LogP contribution is -1.95. The molecule has 0 aromatic rings. The zero-order valence-corrected chi connectivity index (χ0v) is 13.5. The van der Waals surface area contributed by atoms with Crippen molar-refractivity contribution in [2.45, 2.75) is 25.7 Å². The summed E-state index contributed by atoms with van der Waals surface area (Å²) >= 11 is -3.30. The number of hydrogen-bond donors (Lipinski definition) is 2. The predicted molar refractivity (Wildman–Crippen MR) is 82.3 cm³/mol. The van der Waals surface area contributed by atoms with E-state index in [1.54, 1.807) is 31.4 Å². The summed E-state index contributed by atoms with van der Waals surface area (Å²) in [6.45, 7) is 0. The lowest BCUT2D eigenvalue weighted by Gasteiger charge is -2.00. The maximum atomic E-state index is 10.3. The topological polar surface area (TPSA) is 74.6 Å². The molecule has 0 bridgehead atoms. The van der Waals surface area contributed by atoms with Crippen LogP contribution in [-0.2, 0) is 22.2 Å². The van der Waals surface area contributed by atoms with Gasteiger partial charge in [-0.15, -0.1) is 0 Å². The highest BCUT2D eigenvalue weighted by Crippen LogP contribution is 2.35. The van der Waals surface area contributed by atoms with Crippen molar-refractivity contribution in [2.24, 2.45) is 0 Å². The van der Waals surface area contributed by atoms with Gasteiger partial charge in [-0.05, 0) is 35.5 Å². The quantitative estimate of drug-likeness (QED) is 0.322. The van der Waals surface area contributed by atoms with Gasteiger partial charge in [0.15, 0.2) is 22.2 Å². The van der Waals surface area contributed by atoms with Crippen LogP contribution in [0.3, 0.4) is 0 Å². The fourth-order valence-electron chi connectivity index (χ4n) is 0.875. The van der Waals surface area contributed by atoms with Gasteiger partial charge in [-0.3, -0.25) is 0 Å². The number of rotatable bonds is 12. The molecule has 9 heteroatoms. The Kier molecular flexibility index (Phi) is 14.7. The van der Waals surface area contributed by atoms with Crippen molar-refractivity contribution in [3.8, 4) is 0 Å². The first-order valence-electron chi connectivity index (χ1n) is 5.19. The molecular formula is C8H18O4S5. The molecule has 2 unspecified atom stereocenters. The fourth-order valence-corrected chi connectivity index (χ4v) is 5.78. The summed E-state index contributed by atoms with van der Waals surface area (Å²) in [5.41, 5.74) is 0. The van der Waals surface area contributed by atoms with Gasteiger partial charge in [0.25, 0.3) is 0 Å². The van der Waals surface area contributed by atoms with Crippen molar-refractivity contribution in [1.82, 2.24) is 0 Å². The SMILES string of the molecule is O=S(O)CCCCSSSCCCCS(=O)O. The van der Waals surface area contributed by atoms with Crippen LogP contribution < -0.4 is 0 Å². The minimum atomic E-state index is -1.65. The van der Waals surface area contributed by atoms with E-state index in [4.69, 9.17) is 9.11 Å². The summed E-state index contributed by atoms with van der Waals surface area (Å²) in [5, 5.41) is 0. The molecule has 0 amide bonds. The second kappa shape index (κ2) is 13.7. The molecule has 17 heavy (non-hydrogen) atoms. The molecule has 0 aromatic heterocycles. The van der Waals surface area contributed by atoms with E-state index in [2.05, 4.69) is 0 Å². The van der Waals surface area contributed by atoms with Gasteiger partial charge in [0.1, 0.15) is 0 Å². The van der Waals surface area contributed by atoms with Gasteiger partial charge in [-0.1, -0.05) is 21.6 Å². The smallest absolute Gasteiger partial charge is 0.152 e. The van der Waals surface area contributed by atoms with Crippen molar-refractivity contribution < 1.29 is 17.5 Å². The van der Waals surface area contributed by atoms with Crippen LogP contribution in [-0.4, -0.2) is 40.5 Å². The maximum Gasteiger partial charge on any atom is 0.152 e. The molecule has 0 saturated heterocycles. The van der Waals surface area contributed by atoms with Gasteiger partial charge in [0, 0.05) is 23.0 Å². The number of hydrogen-bond acceptors (Lipinski definition) is 5. The van der Waals surface area contributed by atoms with Crippen LogP contribution in [0.1, 0.15) is 25.7 Å². The Morgan fingerprint density at radius 3 is 1.53 bits per heavy atom. The standard InChI is InChI=1S/C8H18O4S5/c9-16(10)7-3-1-5-13-15-14-6-2-4-8-17(11)12/h1-8H2,(H,9,10)(H,11,12). The van der Waals surface area contributed by atoms with Crippen LogP contribution in [0, 0.1) is 0 Å². The van der Waals surface area contributed by atoms with Crippen LogP contribution in [0.2, 0.25) is 0 Å². The van der Waals surface area contributed by atoms with Gasteiger partial charge < -0.3 is 9.11 Å². The maximum absolute atomic E-state index is 10.3. The van der Waals surface area contributed by atoms with E-state index < -0.39 is 22.2 Å². The molecule has 0 spiro atoms. The van der Waals surface area contributed by atoms with Gasteiger partial charge in [0.2, 0.25) is 0 Å². The summed E-state index contributed by atoms with van der Waals surface area (Å²) in [4.78, 5) is 0. The molecule has 0 aliphatic carbocycles. The molecule has 0 radical (unpaired) electrons. The van der Waals surface area contributed by atoms with Gasteiger partial charge in [-0.25, -0.2) is 8.42 Å². The third-order valence-electron chi connectivity index (χ3n) is 1.69. The highest BCUT2D eigenvalue weighted by molar-refractivity contribution is 9.09. The molecule has 0 aliphatic heterocycles. The van der Waals surface area contributed by atoms with E-state index in [1.165, 1.54) is 0 Å². The normalized spacial score (nSPS) is 14.7. The van der Waals surface area contributed by atoms with Crippen molar-refractivity contribution in [3.05, 3.63) is 0 Å². The second-order valence-electron chi connectivity index (χ2n) is 3.18. The first-order valence-corrected chi connectivity index (χ1v) is 11.6. The summed E-state index contributed by atoms with van der Waals surface area (Å²) < 4.78 is 37.7. The molecule has 0 rings (SSSR count). The van der Waals surface area contributed by atoms with Crippen molar-refractivity contribution in [2.75, 3.05) is 23.0 Å². The van der Waals surface area contributed by atoms with E-state index in [9.17, 15) is 8.42 Å². The molecule has 2 atom stereocenters. The molecule has 0 aliphatic rings. The highest BCUT2D eigenvalue weighted by Gasteiger charge is 1.97. The molecule has 0 saturated carbocycles. The first-order chi connectivity index (χ1) is 8.13. The van der Waals surface area contributed by atoms with Crippen molar-refractivity contribution in [3.63, 3.8) is 0 Å². The van der Waals surface area contributed by atoms with Crippen LogP contribution in [0.5, 0.6) is 0 Å². The third kappa shape index (κ3) is 17.3. The van der Waals surface area contributed by atoms with Crippen LogP contribution in [0.25, 0.3) is 0 Å². The Morgan fingerprint density at radius 1 is 0.765 bits per heavy atom. The van der Waals surface area contributed by atoms with Crippen LogP contribution in [0.4, 0.5) is 0 Å². The lowest BCUT2D eigenvalue weighted by atomic mass is 10.4. The predicted octanol–water partition coefficient (Wildman–Crippen LogP) is 3.02. The Morgan fingerprint density at radius 2 is 1.18 bits per heavy atom. The van der Waals surface area contributed by atoms with Crippen molar-refractivity contribution in [1.29, 1.82) is 0 Å². The van der Waals surface area contributed by atoms with Crippen LogP contribution in [0.15, 0.2) is 0 Å². The Bertz CT molecular complexity index is 204. The zero-order valence-electron chi connectivity index (χ0n) is 9.41. The molecule has 0 aromatic carbocycles. The Labute approximate surface area is 119 Å². The first kappa shape index (κ1) is 18.3. The largest absolute Gasteiger partial charge is 0.306 e. The molecule has 2 N–H and O–H groups in total. The van der Waals surface area contributed by atoms with Crippen molar-refractivity contribution >= 4 is 53.6 Å². The molecule has 0 heterocycles. The van der Waals surface area contributed by atoms with Gasteiger partial charge >= 0.3 is 0 Å². The second-order valence-corrected chi connectivity index (χ2v) is 9.75. The fraction of sp³-hybridized carbons (Fsp3) is 1.00. The summed E-state index contributed by atoms with van der Waals surface area (Å²) in [6.07, 6.45) is 3.52. The van der Waals surface area contributed by atoms with E-state index in [0.717, 1.165) is 37.2 Å². The zero-order chi connectivity index (χ0) is 12.9. The minimum absolute atomic E-state index is 0.372. The summed E-state index contributed by atoms with van der Waals surface area (Å²) in [5.74, 6) is 2.73. The average molecular weight is 339 g/mol. The molecule has 0 fully saturated rings. The van der Waals surface area contributed by atoms with E-state index in [1.807, 2.05) is 0 Å². The summed E-state index contributed by atoms with van der Waals surface area (Å²) in [6, 6.07) is 0. The number of unbranched alkanes of at least 4 members (excludes halogenated alkanes) is 2. The third-order valence-corrected chi connectivity index (χ3v) is 7.38. The Balaban J connectivity index is 2.98. The lowest BCUT2D eigenvalue weighted by molar-refractivity contribution is 0.560. The molecular weight excluding hydrogens is 320 g/mol. The highest BCUT2D eigenvalue weighted by atomic mass is 33.5. The van der Waals surface area contributed by atoms with E-state index in [-0.39, 0.29) is 0 Å². The Hall–Kier alpha value is 1.27. The molecule has 4 nitrogen and oxygen atoms in total. The average Bonchev–Trinajstić information content (AvgIpc) is 2.25. The molecule has 104 valence electrons. The minimum Gasteiger partial charge on any atom is -0.306 e. The van der Waals surface area contributed by atoms with E-state index >= 15 is 0 Å². The van der Waals surface area contributed by atoms with E-state index in [0.29, 0.717) is 11.5 Å². The monoisotopic (exact) mass is 338 g/mol.